The largest absolute Gasteiger partial charge is 0.354 e. The lowest BCUT2D eigenvalue weighted by Gasteiger charge is -2.28. The van der Waals surface area contributed by atoms with Crippen molar-refractivity contribution in [2.45, 2.75) is 26.2 Å². The molecule has 20 heavy (non-hydrogen) atoms. The van der Waals surface area contributed by atoms with Gasteiger partial charge in [0.15, 0.2) is 11.5 Å². The predicted octanol–water partition coefficient (Wildman–Crippen LogP) is 3.56. The first-order chi connectivity index (χ1) is 9.69. The Kier molecular flexibility index (Phi) is 3.58. The highest BCUT2D eigenvalue weighted by Crippen LogP contribution is 2.28. The summed E-state index contributed by atoms with van der Waals surface area (Å²) >= 11 is 3.55. The Balaban J connectivity index is 2.18. The zero-order chi connectivity index (χ0) is 14.1. The van der Waals surface area contributed by atoms with Crippen molar-refractivity contribution in [1.29, 1.82) is 5.26 Å². The number of benzene rings is 1. The van der Waals surface area contributed by atoms with E-state index in [0.717, 1.165) is 52.8 Å². The monoisotopic (exact) mass is 330 g/mol. The van der Waals surface area contributed by atoms with Crippen molar-refractivity contribution in [2.24, 2.45) is 0 Å². The molecule has 0 saturated carbocycles. The number of aromatic nitrogens is 2. The number of halogens is 1. The van der Waals surface area contributed by atoms with Crippen LogP contribution in [0.4, 0.5) is 5.82 Å². The number of nitriles is 1. The molecule has 4 nitrogen and oxygen atoms in total. The molecule has 1 aliphatic rings. The lowest BCUT2D eigenvalue weighted by atomic mass is 10.1. The number of piperidine rings is 1. The van der Waals surface area contributed by atoms with Crippen LogP contribution in [-0.2, 0) is 0 Å². The van der Waals surface area contributed by atoms with Gasteiger partial charge in [-0.05, 0) is 59.8 Å². The van der Waals surface area contributed by atoms with Crippen LogP contribution in [0.3, 0.4) is 0 Å². The fourth-order valence-corrected chi connectivity index (χ4v) is 3.30. The zero-order valence-electron chi connectivity index (χ0n) is 11.4. The number of hydrogen-bond acceptors (Lipinski definition) is 4. The maximum Gasteiger partial charge on any atom is 0.183 e. The maximum absolute atomic E-state index is 9.36. The second kappa shape index (κ2) is 5.37. The molecular weight excluding hydrogens is 316 g/mol. The number of rotatable bonds is 1. The van der Waals surface area contributed by atoms with Crippen molar-refractivity contribution >= 4 is 32.8 Å². The molecule has 2 heterocycles. The van der Waals surface area contributed by atoms with Gasteiger partial charge < -0.3 is 4.90 Å². The van der Waals surface area contributed by atoms with Crippen LogP contribution >= 0.6 is 15.9 Å². The van der Waals surface area contributed by atoms with Gasteiger partial charge in [-0.2, -0.15) is 5.26 Å². The topological polar surface area (TPSA) is 52.8 Å². The molecule has 1 saturated heterocycles. The molecule has 0 N–H and O–H groups in total. The highest BCUT2D eigenvalue weighted by atomic mass is 79.9. The fourth-order valence-electron chi connectivity index (χ4n) is 2.64. The highest BCUT2D eigenvalue weighted by molar-refractivity contribution is 9.10. The zero-order valence-corrected chi connectivity index (χ0v) is 12.9. The SMILES string of the molecule is Cc1cc(Br)c2nc(N3CCCCC3)c(C#N)nc2c1. The minimum atomic E-state index is 0.428. The predicted molar refractivity (Wildman–Crippen MR) is 82.8 cm³/mol. The van der Waals surface area contributed by atoms with E-state index in [-0.39, 0.29) is 0 Å². The summed E-state index contributed by atoms with van der Waals surface area (Å²) in [7, 11) is 0. The van der Waals surface area contributed by atoms with Gasteiger partial charge in [0.05, 0.1) is 5.52 Å². The third kappa shape index (κ3) is 2.36. The van der Waals surface area contributed by atoms with Crippen molar-refractivity contribution < 1.29 is 0 Å². The van der Waals surface area contributed by atoms with Crippen molar-refractivity contribution in [3.05, 3.63) is 27.9 Å². The quantitative estimate of drug-likeness (QED) is 0.802. The van der Waals surface area contributed by atoms with Crippen LogP contribution in [0.15, 0.2) is 16.6 Å². The molecule has 1 aromatic carbocycles. The molecule has 3 rings (SSSR count). The van der Waals surface area contributed by atoms with E-state index in [0.29, 0.717) is 5.69 Å². The third-order valence-electron chi connectivity index (χ3n) is 3.61. The molecule has 2 aromatic rings. The van der Waals surface area contributed by atoms with E-state index >= 15 is 0 Å². The molecular formula is C15H15BrN4. The molecule has 0 unspecified atom stereocenters. The molecule has 1 aliphatic heterocycles. The number of hydrogen-bond donors (Lipinski definition) is 0. The molecule has 0 aliphatic carbocycles. The first-order valence-electron chi connectivity index (χ1n) is 6.82. The van der Waals surface area contributed by atoms with Crippen LogP contribution < -0.4 is 4.90 Å². The summed E-state index contributed by atoms with van der Waals surface area (Å²) in [4.78, 5) is 11.4. The van der Waals surface area contributed by atoms with Crippen molar-refractivity contribution in [3.8, 4) is 6.07 Å². The van der Waals surface area contributed by atoms with E-state index in [9.17, 15) is 5.26 Å². The van der Waals surface area contributed by atoms with Crippen LogP contribution in [-0.4, -0.2) is 23.1 Å². The van der Waals surface area contributed by atoms with E-state index in [1.165, 1.54) is 6.42 Å². The molecule has 102 valence electrons. The summed E-state index contributed by atoms with van der Waals surface area (Å²) in [6, 6.07) is 6.19. The number of nitrogens with zero attached hydrogens (tertiary/aromatic N) is 4. The van der Waals surface area contributed by atoms with Gasteiger partial charge in [-0.15, -0.1) is 0 Å². The average Bonchev–Trinajstić information content (AvgIpc) is 2.46. The number of fused-ring (bicyclic) bond motifs is 1. The maximum atomic E-state index is 9.36. The summed E-state index contributed by atoms with van der Waals surface area (Å²) in [6.07, 6.45) is 3.56. The van der Waals surface area contributed by atoms with Gasteiger partial charge in [0.1, 0.15) is 11.6 Å². The molecule has 0 spiro atoms. The third-order valence-corrected chi connectivity index (χ3v) is 4.22. The molecule has 5 heteroatoms. The van der Waals surface area contributed by atoms with Crippen LogP contribution in [0.5, 0.6) is 0 Å². The summed E-state index contributed by atoms with van der Waals surface area (Å²) in [5.74, 6) is 0.726. The molecule has 0 radical (unpaired) electrons. The highest BCUT2D eigenvalue weighted by Gasteiger charge is 2.19. The second-order valence-corrected chi connectivity index (χ2v) is 6.02. The van der Waals surface area contributed by atoms with Crippen molar-refractivity contribution in [2.75, 3.05) is 18.0 Å². The minimum Gasteiger partial charge on any atom is -0.354 e. The fraction of sp³-hybridized carbons (Fsp3) is 0.400. The van der Waals surface area contributed by atoms with Crippen LogP contribution in [0.1, 0.15) is 30.5 Å². The normalized spacial score (nSPS) is 15.3. The number of anilines is 1. The van der Waals surface area contributed by atoms with Gasteiger partial charge >= 0.3 is 0 Å². The van der Waals surface area contributed by atoms with Crippen LogP contribution in [0.2, 0.25) is 0 Å². The summed E-state index contributed by atoms with van der Waals surface area (Å²) in [5.41, 5.74) is 3.13. The first kappa shape index (κ1) is 13.3. The Morgan fingerprint density at radius 2 is 1.95 bits per heavy atom. The second-order valence-electron chi connectivity index (χ2n) is 5.17. The number of aryl methyl sites for hydroxylation is 1. The first-order valence-corrected chi connectivity index (χ1v) is 7.61. The van der Waals surface area contributed by atoms with E-state index in [2.05, 4.69) is 31.9 Å². The van der Waals surface area contributed by atoms with E-state index < -0.39 is 0 Å². The lowest BCUT2D eigenvalue weighted by molar-refractivity contribution is 0.573. The lowest BCUT2D eigenvalue weighted by Crippen LogP contribution is -2.31. The van der Waals surface area contributed by atoms with Crippen LogP contribution in [0, 0.1) is 18.3 Å². The molecule has 1 fully saturated rings. The van der Waals surface area contributed by atoms with Gasteiger partial charge in [0, 0.05) is 17.6 Å². The van der Waals surface area contributed by atoms with Crippen LogP contribution in [0.25, 0.3) is 11.0 Å². The van der Waals surface area contributed by atoms with E-state index in [1.54, 1.807) is 0 Å². The van der Waals surface area contributed by atoms with E-state index in [4.69, 9.17) is 4.98 Å². The van der Waals surface area contributed by atoms with Gasteiger partial charge in [-0.3, -0.25) is 0 Å². The van der Waals surface area contributed by atoms with Gasteiger partial charge in [-0.1, -0.05) is 0 Å². The summed E-state index contributed by atoms with van der Waals surface area (Å²) in [5, 5.41) is 9.36. The Bertz CT molecular complexity index is 699. The molecule has 0 bridgehead atoms. The molecule has 0 amide bonds. The minimum absolute atomic E-state index is 0.428. The van der Waals surface area contributed by atoms with Gasteiger partial charge in [0.2, 0.25) is 0 Å². The summed E-state index contributed by atoms with van der Waals surface area (Å²) in [6.45, 7) is 3.92. The van der Waals surface area contributed by atoms with Crippen molar-refractivity contribution in [3.63, 3.8) is 0 Å². The van der Waals surface area contributed by atoms with Gasteiger partial charge in [0.25, 0.3) is 0 Å². The summed E-state index contributed by atoms with van der Waals surface area (Å²) < 4.78 is 0.933. The Hall–Kier alpha value is -1.67. The Morgan fingerprint density at radius 3 is 2.65 bits per heavy atom. The Morgan fingerprint density at radius 1 is 1.20 bits per heavy atom. The van der Waals surface area contributed by atoms with Crippen molar-refractivity contribution in [1.82, 2.24) is 9.97 Å². The average molecular weight is 331 g/mol. The van der Waals surface area contributed by atoms with E-state index in [1.807, 2.05) is 19.1 Å². The molecule has 0 atom stereocenters. The Labute approximate surface area is 126 Å². The standard InChI is InChI=1S/C15H15BrN4/c1-10-7-11(16)14-12(8-10)18-13(9-17)15(19-14)20-5-3-2-4-6-20/h7-8H,2-6H2,1H3. The van der Waals surface area contributed by atoms with Gasteiger partial charge in [-0.25, -0.2) is 9.97 Å². The molecule has 1 aromatic heterocycles. The smallest absolute Gasteiger partial charge is 0.183 e.